The molecule has 1 atom stereocenters. The highest BCUT2D eigenvalue weighted by molar-refractivity contribution is 8.04. The van der Waals surface area contributed by atoms with E-state index in [0.29, 0.717) is 6.26 Å². The van der Waals surface area contributed by atoms with Crippen molar-refractivity contribution in [2.45, 2.75) is 5.51 Å². The molecule has 0 amide bonds. The molecule has 0 aromatic rings. The summed E-state index contributed by atoms with van der Waals surface area (Å²) in [6.07, 6.45) is 0.483. The van der Waals surface area contributed by atoms with Crippen molar-refractivity contribution in [2.75, 3.05) is 6.26 Å². The van der Waals surface area contributed by atoms with Crippen LogP contribution in [-0.2, 0) is 21.4 Å². The highest BCUT2D eigenvalue weighted by Crippen LogP contribution is 2.21. The lowest BCUT2D eigenvalue weighted by molar-refractivity contribution is -0.0440. The first-order chi connectivity index (χ1) is 4.63. The number of hydrogen-bond donors (Lipinski definition) is 1. The van der Waals surface area contributed by atoms with E-state index in [-0.39, 0.29) is 0 Å². The number of sulfonamides is 1. The lowest BCUT2D eigenvalue weighted by atomic mass is 11.6. The van der Waals surface area contributed by atoms with E-state index in [2.05, 4.69) is 0 Å². The predicted molar refractivity (Wildman–Crippen MR) is 32.2 cm³/mol. The maximum atomic E-state index is 11.4. The number of hydrogen-bond acceptors (Lipinski definition) is 3. The largest absolute Gasteiger partial charge is 0.593 e. The molecule has 9 heteroatoms. The molecule has 0 fully saturated rings. The average Bonchev–Trinajstić information content (AvgIpc) is 1.56. The van der Waals surface area contributed by atoms with E-state index in [4.69, 9.17) is 0 Å². The van der Waals surface area contributed by atoms with Crippen molar-refractivity contribution in [1.29, 1.82) is 0 Å². The number of halogens is 3. The standard InChI is InChI=1S/C2H4F3NO3S2/c1-11(8,9)6-10(7)2(3,4)5/h6H,1H3. The van der Waals surface area contributed by atoms with Crippen molar-refractivity contribution in [2.24, 2.45) is 0 Å². The van der Waals surface area contributed by atoms with Crippen LogP contribution in [0.4, 0.5) is 13.2 Å². The van der Waals surface area contributed by atoms with Gasteiger partial charge in [-0.1, -0.05) is 0 Å². The lowest BCUT2D eigenvalue weighted by Crippen LogP contribution is -2.39. The van der Waals surface area contributed by atoms with E-state index in [1.807, 2.05) is 0 Å². The molecular formula is C2H4F3NO3S2. The second kappa shape index (κ2) is 3.17. The van der Waals surface area contributed by atoms with Gasteiger partial charge in [0.15, 0.2) is 11.4 Å². The Morgan fingerprint density at radius 3 is 1.91 bits per heavy atom. The Kier molecular flexibility index (Phi) is 3.17. The van der Waals surface area contributed by atoms with Gasteiger partial charge in [0.05, 0.1) is 6.26 Å². The van der Waals surface area contributed by atoms with Crippen molar-refractivity contribution in [3.63, 3.8) is 0 Å². The molecule has 0 aromatic carbocycles. The molecule has 0 aliphatic carbocycles. The molecule has 68 valence electrons. The fourth-order valence-electron chi connectivity index (χ4n) is 0.185. The Bertz CT molecular complexity index is 221. The van der Waals surface area contributed by atoms with Gasteiger partial charge in [0.25, 0.3) is 0 Å². The van der Waals surface area contributed by atoms with Crippen molar-refractivity contribution in [3.8, 4) is 0 Å². The quantitative estimate of drug-likeness (QED) is 0.638. The van der Waals surface area contributed by atoms with Crippen LogP contribution in [0, 0.1) is 0 Å². The lowest BCUT2D eigenvalue weighted by Gasteiger charge is -2.10. The van der Waals surface area contributed by atoms with Crippen LogP contribution in [0.15, 0.2) is 0 Å². The fraction of sp³-hybridized carbons (Fsp3) is 1.00. The molecule has 0 spiro atoms. The van der Waals surface area contributed by atoms with Gasteiger partial charge in [-0.25, -0.2) is 8.42 Å². The third-order valence-electron chi connectivity index (χ3n) is 0.437. The Morgan fingerprint density at radius 2 is 1.82 bits per heavy atom. The summed E-state index contributed by atoms with van der Waals surface area (Å²) >= 11 is -3.54. The van der Waals surface area contributed by atoms with E-state index in [9.17, 15) is 26.1 Å². The molecule has 0 saturated carbocycles. The Labute approximate surface area is 64.1 Å². The van der Waals surface area contributed by atoms with Crippen LogP contribution in [0.5, 0.6) is 0 Å². The third kappa shape index (κ3) is 5.30. The first kappa shape index (κ1) is 11.0. The summed E-state index contributed by atoms with van der Waals surface area (Å²) in [5.41, 5.74) is -5.05. The minimum Gasteiger partial charge on any atom is -0.590 e. The van der Waals surface area contributed by atoms with Crippen LogP contribution in [0.1, 0.15) is 0 Å². The SMILES string of the molecule is CS(=O)(=O)N[S+]([O-])C(F)(F)F. The van der Waals surface area contributed by atoms with Crippen molar-refractivity contribution in [1.82, 2.24) is 4.13 Å². The molecule has 0 rings (SSSR count). The summed E-state index contributed by atoms with van der Waals surface area (Å²) in [7, 11) is -4.08. The van der Waals surface area contributed by atoms with Gasteiger partial charge in [0, 0.05) is 0 Å². The van der Waals surface area contributed by atoms with Gasteiger partial charge in [-0.3, -0.25) is 0 Å². The van der Waals surface area contributed by atoms with E-state index < -0.39 is 26.9 Å². The fourth-order valence-corrected chi connectivity index (χ4v) is 1.66. The normalized spacial score (nSPS) is 16.5. The Morgan fingerprint density at radius 1 is 1.45 bits per heavy atom. The topological polar surface area (TPSA) is 69.2 Å². The molecule has 0 bridgehead atoms. The highest BCUT2D eigenvalue weighted by atomic mass is 32.3. The van der Waals surface area contributed by atoms with E-state index in [0.717, 1.165) is 4.13 Å². The molecule has 1 unspecified atom stereocenters. The molecule has 0 radical (unpaired) electrons. The zero-order valence-electron chi connectivity index (χ0n) is 5.18. The maximum Gasteiger partial charge on any atom is 0.593 e. The maximum absolute atomic E-state index is 11.4. The predicted octanol–water partition coefficient (Wildman–Crippen LogP) is -0.281. The van der Waals surface area contributed by atoms with Gasteiger partial charge in [0.2, 0.25) is 10.0 Å². The van der Waals surface area contributed by atoms with E-state index >= 15 is 0 Å². The zero-order chi connectivity index (χ0) is 9.28. The molecule has 1 N–H and O–H groups in total. The van der Waals surface area contributed by atoms with Gasteiger partial charge in [0.1, 0.15) is 0 Å². The number of alkyl halides is 3. The molecule has 0 saturated heterocycles. The van der Waals surface area contributed by atoms with Gasteiger partial charge in [-0.15, -0.1) is 13.2 Å². The first-order valence-corrected chi connectivity index (χ1v) is 5.13. The number of nitrogens with one attached hydrogen (secondary N) is 1. The van der Waals surface area contributed by atoms with Crippen LogP contribution in [0.2, 0.25) is 0 Å². The smallest absolute Gasteiger partial charge is 0.590 e. The minimum absolute atomic E-state index is 0.483. The second-order valence-corrected chi connectivity index (χ2v) is 4.78. The minimum atomic E-state index is -5.05. The van der Waals surface area contributed by atoms with Crippen LogP contribution in [-0.4, -0.2) is 24.7 Å². The molecular weight excluding hydrogens is 207 g/mol. The molecule has 4 nitrogen and oxygen atoms in total. The highest BCUT2D eigenvalue weighted by Gasteiger charge is 2.47. The Balaban J connectivity index is 4.21. The summed E-state index contributed by atoms with van der Waals surface area (Å²) in [5, 5.41) is 0. The van der Waals surface area contributed by atoms with Crippen LogP contribution < -0.4 is 4.13 Å². The summed E-state index contributed by atoms with van der Waals surface area (Å²) in [6.45, 7) is 0. The van der Waals surface area contributed by atoms with Crippen molar-refractivity contribution >= 4 is 21.4 Å². The van der Waals surface area contributed by atoms with Crippen LogP contribution in [0.3, 0.4) is 0 Å². The van der Waals surface area contributed by atoms with Crippen molar-refractivity contribution < 1.29 is 26.1 Å². The van der Waals surface area contributed by atoms with Crippen molar-refractivity contribution in [3.05, 3.63) is 0 Å². The summed E-state index contributed by atoms with van der Waals surface area (Å²) < 4.78 is 65.1. The number of rotatable bonds is 2. The van der Waals surface area contributed by atoms with Crippen LogP contribution in [0.25, 0.3) is 0 Å². The molecule has 0 aliphatic rings. The van der Waals surface area contributed by atoms with Gasteiger partial charge in [-0.05, 0) is 4.13 Å². The first-order valence-electron chi connectivity index (χ1n) is 2.09. The van der Waals surface area contributed by atoms with E-state index in [1.54, 1.807) is 0 Å². The zero-order valence-corrected chi connectivity index (χ0v) is 6.81. The summed E-state index contributed by atoms with van der Waals surface area (Å²) in [4.78, 5) is 0. The van der Waals surface area contributed by atoms with Gasteiger partial charge in [-0.2, -0.15) is 0 Å². The summed E-state index contributed by atoms with van der Waals surface area (Å²) in [5.74, 6) is 0. The monoisotopic (exact) mass is 211 g/mol. The third-order valence-corrected chi connectivity index (χ3v) is 2.67. The molecule has 0 aromatic heterocycles. The average molecular weight is 211 g/mol. The summed E-state index contributed by atoms with van der Waals surface area (Å²) in [6, 6.07) is 0. The molecule has 11 heavy (non-hydrogen) atoms. The molecule has 0 heterocycles. The van der Waals surface area contributed by atoms with Crippen LogP contribution >= 0.6 is 0 Å². The second-order valence-electron chi connectivity index (χ2n) is 1.57. The Hall–Kier alpha value is 0.01000. The van der Waals surface area contributed by atoms with Gasteiger partial charge >= 0.3 is 5.51 Å². The van der Waals surface area contributed by atoms with E-state index in [1.165, 1.54) is 0 Å². The molecule has 0 aliphatic heterocycles. The van der Waals surface area contributed by atoms with Gasteiger partial charge < -0.3 is 4.55 Å².